The third-order valence-corrected chi connectivity index (χ3v) is 5.90. The standard InChI is InChI=1S/C22H26N4O2/c1-13-7-5-9-18(14(13)2)25-21(27)17-8-6-10-26(11-17)20-19-15(3)16(4)28-22(19)24-12-23-20/h5,7,9,12,17H,6,8,10-11H2,1-4H3,(H,25,27)/t17-/m0/s1. The minimum absolute atomic E-state index is 0.0730. The Kier molecular flexibility index (Phi) is 4.79. The van der Waals surface area contributed by atoms with Crippen LogP contribution in [0.25, 0.3) is 11.1 Å². The maximum atomic E-state index is 13.0. The summed E-state index contributed by atoms with van der Waals surface area (Å²) in [5.41, 5.74) is 4.87. The molecule has 1 atom stereocenters. The first-order valence-corrected chi connectivity index (χ1v) is 9.78. The zero-order chi connectivity index (χ0) is 19.8. The fourth-order valence-corrected chi connectivity index (χ4v) is 3.91. The van der Waals surface area contributed by atoms with E-state index in [0.29, 0.717) is 12.3 Å². The first-order valence-electron chi connectivity index (χ1n) is 9.78. The minimum Gasteiger partial charge on any atom is -0.443 e. The number of aryl methyl sites for hydroxylation is 3. The molecule has 3 aromatic rings. The van der Waals surface area contributed by atoms with Crippen molar-refractivity contribution >= 4 is 28.5 Å². The van der Waals surface area contributed by atoms with Gasteiger partial charge in [0.2, 0.25) is 11.6 Å². The number of nitrogens with zero attached hydrogens (tertiary/aromatic N) is 3. The zero-order valence-corrected chi connectivity index (χ0v) is 16.9. The number of aromatic nitrogens is 2. The lowest BCUT2D eigenvalue weighted by atomic mass is 9.96. The number of rotatable bonds is 3. The highest BCUT2D eigenvalue weighted by molar-refractivity contribution is 5.94. The Morgan fingerprint density at radius 1 is 1.18 bits per heavy atom. The molecule has 6 heteroatoms. The molecule has 1 N–H and O–H groups in total. The van der Waals surface area contributed by atoms with Crippen LogP contribution in [-0.4, -0.2) is 29.0 Å². The van der Waals surface area contributed by atoms with Gasteiger partial charge < -0.3 is 14.6 Å². The molecule has 0 bridgehead atoms. The molecule has 1 fully saturated rings. The van der Waals surface area contributed by atoms with Crippen molar-refractivity contribution in [1.29, 1.82) is 0 Å². The van der Waals surface area contributed by atoms with E-state index in [9.17, 15) is 4.79 Å². The summed E-state index contributed by atoms with van der Waals surface area (Å²) in [5, 5.41) is 4.08. The third-order valence-electron chi connectivity index (χ3n) is 5.90. The predicted molar refractivity (Wildman–Crippen MR) is 111 cm³/mol. The molecule has 0 spiro atoms. The summed E-state index contributed by atoms with van der Waals surface area (Å²) in [6.45, 7) is 9.60. The van der Waals surface area contributed by atoms with Crippen LogP contribution in [0.5, 0.6) is 0 Å². The molecule has 1 amide bonds. The Balaban J connectivity index is 1.57. The molecule has 2 aromatic heterocycles. The van der Waals surface area contributed by atoms with E-state index in [0.717, 1.165) is 53.2 Å². The van der Waals surface area contributed by atoms with Crippen LogP contribution in [0.15, 0.2) is 28.9 Å². The number of nitrogens with one attached hydrogen (secondary N) is 1. The van der Waals surface area contributed by atoms with E-state index in [1.807, 2.05) is 32.9 Å². The minimum atomic E-state index is -0.0769. The summed E-state index contributed by atoms with van der Waals surface area (Å²) < 4.78 is 5.75. The van der Waals surface area contributed by atoms with Gasteiger partial charge >= 0.3 is 0 Å². The lowest BCUT2D eigenvalue weighted by Crippen LogP contribution is -2.41. The van der Waals surface area contributed by atoms with Gasteiger partial charge in [0.1, 0.15) is 17.9 Å². The summed E-state index contributed by atoms with van der Waals surface area (Å²) >= 11 is 0. The van der Waals surface area contributed by atoms with Crippen molar-refractivity contribution in [2.45, 2.75) is 40.5 Å². The topological polar surface area (TPSA) is 71.3 Å². The SMILES string of the molecule is Cc1cccc(NC(=O)[C@H]2CCCN(c3ncnc4oc(C)c(C)c34)C2)c1C. The number of piperidine rings is 1. The summed E-state index contributed by atoms with van der Waals surface area (Å²) in [6.07, 6.45) is 3.37. The molecule has 0 radical (unpaired) electrons. The Hall–Kier alpha value is -2.89. The van der Waals surface area contributed by atoms with Gasteiger partial charge in [-0.1, -0.05) is 12.1 Å². The molecule has 0 aliphatic carbocycles. The molecule has 1 aromatic carbocycles. The fraction of sp³-hybridized carbons (Fsp3) is 0.409. The fourth-order valence-electron chi connectivity index (χ4n) is 3.91. The average molecular weight is 378 g/mol. The number of benzene rings is 1. The number of fused-ring (bicyclic) bond motifs is 1. The van der Waals surface area contributed by atoms with Gasteiger partial charge in [0.15, 0.2) is 0 Å². The highest BCUT2D eigenvalue weighted by atomic mass is 16.3. The van der Waals surface area contributed by atoms with E-state index >= 15 is 0 Å². The molecule has 4 rings (SSSR count). The molecular weight excluding hydrogens is 352 g/mol. The second-order valence-electron chi connectivity index (χ2n) is 7.68. The van der Waals surface area contributed by atoms with Crippen LogP contribution in [0.4, 0.5) is 11.5 Å². The van der Waals surface area contributed by atoms with Crippen LogP contribution < -0.4 is 10.2 Å². The molecule has 0 unspecified atom stereocenters. The summed E-state index contributed by atoms with van der Waals surface area (Å²) in [4.78, 5) is 23.9. The molecule has 1 aliphatic heterocycles. The normalized spacial score (nSPS) is 17.1. The number of carbonyl (C=O) groups is 1. The van der Waals surface area contributed by atoms with E-state index < -0.39 is 0 Å². The van der Waals surface area contributed by atoms with E-state index in [4.69, 9.17) is 4.42 Å². The van der Waals surface area contributed by atoms with Crippen molar-refractivity contribution in [3.05, 3.63) is 47.0 Å². The van der Waals surface area contributed by atoms with Gasteiger partial charge in [-0.3, -0.25) is 4.79 Å². The van der Waals surface area contributed by atoms with E-state index in [1.165, 1.54) is 5.56 Å². The molecule has 28 heavy (non-hydrogen) atoms. The Morgan fingerprint density at radius 2 is 2.00 bits per heavy atom. The lowest BCUT2D eigenvalue weighted by Gasteiger charge is -2.33. The molecule has 1 aliphatic rings. The first-order chi connectivity index (χ1) is 13.5. The molecular formula is C22H26N4O2. The van der Waals surface area contributed by atoms with Crippen molar-refractivity contribution in [2.24, 2.45) is 5.92 Å². The van der Waals surface area contributed by atoms with Crippen molar-refractivity contribution in [1.82, 2.24) is 9.97 Å². The van der Waals surface area contributed by atoms with E-state index in [1.54, 1.807) is 6.33 Å². The largest absolute Gasteiger partial charge is 0.443 e. The van der Waals surface area contributed by atoms with Gasteiger partial charge in [-0.05, 0) is 57.7 Å². The summed E-state index contributed by atoms with van der Waals surface area (Å²) in [7, 11) is 0. The molecule has 3 heterocycles. The number of carbonyl (C=O) groups excluding carboxylic acids is 1. The van der Waals surface area contributed by atoms with Crippen LogP contribution >= 0.6 is 0 Å². The maximum Gasteiger partial charge on any atom is 0.231 e. The maximum absolute atomic E-state index is 13.0. The molecule has 6 nitrogen and oxygen atoms in total. The van der Waals surface area contributed by atoms with Crippen molar-refractivity contribution in [2.75, 3.05) is 23.3 Å². The highest BCUT2D eigenvalue weighted by Crippen LogP contribution is 2.33. The molecule has 1 saturated heterocycles. The van der Waals surface area contributed by atoms with Crippen LogP contribution in [0.3, 0.4) is 0 Å². The van der Waals surface area contributed by atoms with Crippen molar-refractivity contribution in [3.63, 3.8) is 0 Å². The Bertz CT molecular complexity index is 1040. The molecule has 146 valence electrons. The van der Waals surface area contributed by atoms with Gasteiger partial charge in [0.25, 0.3) is 0 Å². The summed E-state index contributed by atoms with van der Waals surface area (Å²) in [6, 6.07) is 6.00. The number of hydrogen-bond donors (Lipinski definition) is 1. The van der Waals surface area contributed by atoms with Gasteiger partial charge in [-0.15, -0.1) is 0 Å². The van der Waals surface area contributed by atoms with Gasteiger partial charge in [-0.2, -0.15) is 0 Å². The third kappa shape index (κ3) is 3.23. The van der Waals surface area contributed by atoms with Crippen LogP contribution in [0.1, 0.15) is 35.3 Å². The van der Waals surface area contributed by atoms with Crippen LogP contribution in [-0.2, 0) is 4.79 Å². The average Bonchev–Trinajstić information content (AvgIpc) is 2.99. The Labute approximate surface area is 165 Å². The van der Waals surface area contributed by atoms with Gasteiger partial charge in [0.05, 0.1) is 11.3 Å². The number of furan rings is 1. The summed E-state index contributed by atoms with van der Waals surface area (Å²) in [5.74, 6) is 1.72. The van der Waals surface area contributed by atoms with Crippen molar-refractivity contribution in [3.8, 4) is 0 Å². The second-order valence-corrected chi connectivity index (χ2v) is 7.68. The highest BCUT2D eigenvalue weighted by Gasteiger charge is 2.29. The van der Waals surface area contributed by atoms with E-state index in [2.05, 4.69) is 33.2 Å². The molecule has 0 saturated carbocycles. The van der Waals surface area contributed by atoms with Crippen LogP contribution in [0, 0.1) is 33.6 Å². The zero-order valence-electron chi connectivity index (χ0n) is 16.9. The lowest BCUT2D eigenvalue weighted by molar-refractivity contribution is -0.120. The monoisotopic (exact) mass is 378 g/mol. The number of anilines is 2. The predicted octanol–water partition coefficient (Wildman–Crippen LogP) is 4.31. The number of amides is 1. The number of hydrogen-bond acceptors (Lipinski definition) is 5. The second kappa shape index (κ2) is 7.26. The van der Waals surface area contributed by atoms with Crippen molar-refractivity contribution < 1.29 is 9.21 Å². The van der Waals surface area contributed by atoms with E-state index in [-0.39, 0.29) is 11.8 Å². The van der Waals surface area contributed by atoms with Gasteiger partial charge in [0, 0.05) is 24.3 Å². The smallest absolute Gasteiger partial charge is 0.231 e. The quantitative estimate of drug-likeness (QED) is 0.735. The first kappa shape index (κ1) is 18.5. The van der Waals surface area contributed by atoms with Gasteiger partial charge in [-0.25, -0.2) is 9.97 Å². The Morgan fingerprint density at radius 3 is 2.82 bits per heavy atom. The van der Waals surface area contributed by atoms with Crippen LogP contribution in [0.2, 0.25) is 0 Å².